The Morgan fingerprint density at radius 1 is 0.750 bits per heavy atom. The van der Waals surface area contributed by atoms with Gasteiger partial charge in [0.05, 0.1) is 0 Å². The van der Waals surface area contributed by atoms with Gasteiger partial charge in [-0.1, -0.05) is 59.3 Å². The Bertz CT molecular complexity index is 115. The Hall–Kier alpha value is 0.910. The van der Waals surface area contributed by atoms with Gasteiger partial charge in [-0.2, -0.15) is 0 Å². The van der Waals surface area contributed by atoms with Gasteiger partial charge in [-0.05, 0) is 30.8 Å². The van der Waals surface area contributed by atoms with Crippen LogP contribution in [0.25, 0.3) is 0 Å². The third-order valence-electron chi connectivity index (χ3n) is 3.61. The zero-order valence-electron chi connectivity index (χ0n) is 11.6. The summed E-state index contributed by atoms with van der Waals surface area (Å²) in [4.78, 5) is 0. The molecule has 0 aliphatic rings. The van der Waals surface area contributed by atoms with Crippen LogP contribution in [-0.2, 0) is 0 Å². The molecule has 0 aromatic heterocycles. The lowest BCUT2D eigenvalue weighted by Crippen LogP contribution is -2.22. The van der Waals surface area contributed by atoms with Crippen LogP contribution in [0.5, 0.6) is 0 Å². The van der Waals surface area contributed by atoms with Crippen molar-refractivity contribution in [2.45, 2.75) is 78.6 Å². The molecule has 0 heterocycles. The summed E-state index contributed by atoms with van der Waals surface area (Å²) in [6, 6.07) is 0. The molecule has 0 rings (SSSR count). The Morgan fingerprint density at radius 3 is 1.25 bits per heavy atom. The third-order valence-corrected chi connectivity index (χ3v) is 4.48. The molecule has 0 radical (unpaired) electrons. The maximum atomic E-state index is 3.01. The van der Waals surface area contributed by atoms with Gasteiger partial charge >= 0.3 is 0 Å². The molecular formula is C14H32BrP. The first-order valence-electron chi connectivity index (χ1n) is 6.94. The minimum atomic E-state index is 0. The Balaban J connectivity index is 0. The summed E-state index contributed by atoms with van der Waals surface area (Å²) in [7, 11) is 3.01. The van der Waals surface area contributed by atoms with Gasteiger partial charge in [0, 0.05) is 0 Å². The molecule has 0 aromatic rings. The molecule has 16 heavy (non-hydrogen) atoms. The number of rotatable bonds is 10. The molecular weight excluding hydrogens is 279 g/mol. The van der Waals surface area contributed by atoms with Crippen LogP contribution in [0.1, 0.15) is 78.6 Å². The van der Waals surface area contributed by atoms with E-state index in [0.29, 0.717) is 5.41 Å². The fourth-order valence-corrected chi connectivity index (χ4v) is 2.95. The SMILES string of the molecule is Br.CCCCC(CP)(CCCC)CCCC. The molecule has 0 amide bonds. The highest BCUT2D eigenvalue weighted by Crippen LogP contribution is 2.38. The first kappa shape index (κ1) is 19.3. The average Bonchev–Trinajstić information content (AvgIpc) is 2.29. The summed E-state index contributed by atoms with van der Waals surface area (Å²) in [5, 5.41) is 0. The van der Waals surface area contributed by atoms with Crippen molar-refractivity contribution >= 4 is 26.2 Å². The van der Waals surface area contributed by atoms with Crippen LogP contribution in [0.3, 0.4) is 0 Å². The van der Waals surface area contributed by atoms with Crippen molar-refractivity contribution in [2.24, 2.45) is 5.41 Å². The molecule has 0 saturated carbocycles. The smallest absolute Gasteiger partial charge is 0.0263 e. The van der Waals surface area contributed by atoms with E-state index in [9.17, 15) is 0 Å². The van der Waals surface area contributed by atoms with Crippen molar-refractivity contribution in [1.29, 1.82) is 0 Å². The number of hydrogen-bond acceptors (Lipinski definition) is 0. The van der Waals surface area contributed by atoms with E-state index in [1.807, 2.05) is 0 Å². The highest BCUT2D eigenvalue weighted by Gasteiger charge is 2.25. The predicted molar refractivity (Wildman–Crippen MR) is 85.9 cm³/mol. The maximum absolute atomic E-state index is 3.01. The second kappa shape index (κ2) is 12.4. The van der Waals surface area contributed by atoms with E-state index in [2.05, 4.69) is 30.0 Å². The van der Waals surface area contributed by atoms with Gasteiger partial charge in [-0.15, -0.1) is 26.2 Å². The first-order chi connectivity index (χ1) is 7.24. The molecule has 100 valence electrons. The zero-order valence-corrected chi connectivity index (χ0v) is 14.4. The highest BCUT2D eigenvalue weighted by atomic mass is 79.9. The second-order valence-corrected chi connectivity index (χ2v) is 5.42. The van der Waals surface area contributed by atoms with E-state index in [-0.39, 0.29) is 17.0 Å². The average molecular weight is 311 g/mol. The number of unbranched alkanes of at least 4 members (excludes halogenated alkanes) is 3. The Labute approximate surface area is 116 Å². The second-order valence-electron chi connectivity index (χ2n) is 5.01. The summed E-state index contributed by atoms with van der Waals surface area (Å²) in [6.45, 7) is 6.94. The molecule has 0 bridgehead atoms. The lowest BCUT2D eigenvalue weighted by molar-refractivity contribution is 0.235. The minimum absolute atomic E-state index is 0. The molecule has 0 spiro atoms. The van der Waals surface area contributed by atoms with Crippen LogP contribution in [0, 0.1) is 5.41 Å². The molecule has 0 N–H and O–H groups in total. The van der Waals surface area contributed by atoms with E-state index in [1.165, 1.54) is 63.9 Å². The maximum Gasteiger partial charge on any atom is -0.0263 e. The van der Waals surface area contributed by atoms with Gasteiger partial charge < -0.3 is 0 Å². The summed E-state index contributed by atoms with van der Waals surface area (Å²) >= 11 is 0. The summed E-state index contributed by atoms with van der Waals surface area (Å²) in [5.41, 5.74) is 0.659. The molecule has 0 aromatic carbocycles. The van der Waals surface area contributed by atoms with Crippen LogP contribution in [0.15, 0.2) is 0 Å². The van der Waals surface area contributed by atoms with Crippen molar-refractivity contribution < 1.29 is 0 Å². The van der Waals surface area contributed by atoms with Crippen molar-refractivity contribution in [3.8, 4) is 0 Å². The monoisotopic (exact) mass is 310 g/mol. The summed E-state index contributed by atoms with van der Waals surface area (Å²) in [6.07, 6.45) is 14.0. The van der Waals surface area contributed by atoms with Crippen molar-refractivity contribution in [3.05, 3.63) is 0 Å². The Kier molecular flexibility index (Phi) is 14.9. The van der Waals surface area contributed by atoms with Gasteiger partial charge in [0.15, 0.2) is 0 Å². The fraction of sp³-hybridized carbons (Fsp3) is 1.00. The van der Waals surface area contributed by atoms with Crippen molar-refractivity contribution in [2.75, 3.05) is 6.16 Å². The lowest BCUT2D eigenvalue weighted by Gasteiger charge is -2.33. The van der Waals surface area contributed by atoms with Gasteiger partial charge in [-0.3, -0.25) is 0 Å². The van der Waals surface area contributed by atoms with E-state index >= 15 is 0 Å². The minimum Gasteiger partial charge on any atom is -0.137 e. The number of hydrogen-bond donors (Lipinski definition) is 0. The quantitative estimate of drug-likeness (QED) is 0.434. The molecule has 0 fully saturated rings. The largest absolute Gasteiger partial charge is 0.137 e. The summed E-state index contributed by atoms with van der Waals surface area (Å²) < 4.78 is 0. The molecule has 2 heteroatoms. The summed E-state index contributed by atoms with van der Waals surface area (Å²) in [5.74, 6) is 0. The van der Waals surface area contributed by atoms with Crippen LogP contribution in [-0.4, -0.2) is 6.16 Å². The van der Waals surface area contributed by atoms with Gasteiger partial charge in [0.25, 0.3) is 0 Å². The van der Waals surface area contributed by atoms with Crippen LogP contribution < -0.4 is 0 Å². The Morgan fingerprint density at radius 2 is 1.06 bits per heavy atom. The van der Waals surface area contributed by atoms with Crippen LogP contribution in [0.2, 0.25) is 0 Å². The van der Waals surface area contributed by atoms with Gasteiger partial charge in [0.2, 0.25) is 0 Å². The van der Waals surface area contributed by atoms with E-state index in [1.54, 1.807) is 0 Å². The van der Waals surface area contributed by atoms with Crippen LogP contribution in [0.4, 0.5) is 0 Å². The standard InChI is InChI=1S/C14H31P.BrH/c1-4-7-10-14(13-15,11-8-5-2)12-9-6-3;/h4-13,15H2,1-3H3;1H. The predicted octanol–water partition coefficient (Wildman–Crippen LogP) is 6.00. The fourth-order valence-electron chi connectivity index (χ4n) is 2.34. The molecule has 0 nitrogen and oxygen atoms in total. The first-order valence-corrected chi connectivity index (χ1v) is 7.76. The van der Waals surface area contributed by atoms with Crippen molar-refractivity contribution in [3.63, 3.8) is 0 Å². The molecule has 1 atom stereocenters. The number of halogens is 1. The molecule has 0 aliphatic carbocycles. The molecule has 0 aliphatic heterocycles. The lowest BCUT2D eigenvalue weighted by atomic mass is 9.76. The van der Waals surface area contributed by atoms with Crippen molar-refractivity contribution in [1.82, 2.24) is 0 Å². The van der Waals surface area contributed by atoms with Gasteiger partial charge in [-0.25, -0.2) is 0 Å². The highest BCUT2D eigenvalue weighted by molar-refractivity contribution is 8.93. The van der Waals surface area contributed by atoms with E-state index < -0.39 is 0 Å². The molecule has 1 unspecified atom stereocenters. The zero-order chi connectivity index (χ0) is 11.6. The van der Waals surface area contributed by atoms with E-state index in [0.717, 1.165) is 0 Å². The topological polar surface area (TPSA) is 0 Å². The normalized spacial score (nSPS) is 11.2. The molecule has 0 saturated heterocycles. The van der Waals surface area contributed by atoms with E-state index in [4.69, 9.17) is 0 Å². The van der Waals surface area contributed by atoms with Crippen LogP contribution >= 0.6 is 26.2 Å². The van der Waals surface area contributed by atoms with Gasteiger partial charge in [0.1, 0.15) is 0 Å². The third kappa shape index (κ3) is 8.07.